The standard InChI is InChI=1S/C12H22F3N/c1-2-6-11(8-9-12(13,14)15)7-4-3-5-10-16-11/h16H,2-10H2,1H3. The Hall–Kier alpha value is -0.250. The van der Waals surface area contributed by atoms with Gasteiger partial charge in [0.15, 0.2) is 0 Å². The Morgan fingerprint density at radius 3 is 2.50 bits per heavy atom. The van der Waals surface area contributed by atoms with Crippen LogP contribution in [0.3, 0.4) is 0 Å². The molecule has 0 radical (unpaired) electrons. The lowest BCUT2D eigenvalue weighted by atomic mass is 9.84. The largest absolute Gasteiger partial charge is 0.389 e. The number of rotatable bonds is 4. The molecule has 1 rings (SSSR count). The van der Waals surface area contributed by atoms with E-state index in [9.17, 15) is 13.2 Å². The predicted octanol–water partition coefficient (Wildman–Crippen LogP) is 4.03. The summed E-state index contributed by atoms with van der Waals surface area (Å²) in [6.07, 6.45) is 1.58. The second kappa shape index (κ2) is 5.89. The number of halogens is 3. The Kier molecular flexibility index (Phi) is 5.09. The van der Waals surface area contributed by atoms with Gasteiger partial charge >= 0.3 is 6.18 Å². The Balaban J connectivity index is 2.55. The molecule has 0 amide bonds. The minimum atomic E-state index is -4.02. The molecule has 0 spiro atoms. The van der Waals surface area contributed by atoms with Crippen LogP contribution >= 0.6 is 0 Å². The molecule has 1 aliphatic heterocycles. The molecular weight excluding hydrogens is 215 g/mol. The Bertz CT molecular complexity index is 193. The van der Waals surface area contributed by atoms with Gasteiger partial charge in [-0.3, -0.25) is 0 Å². The van der Waals surface area contributed by atoms with E-state index in [1.165, 1.54) is 0 Å². The normalized spacial score (nSPS) is 27.8. The summed E-state index contributed by atoms with van der Waals surface area (Å²) < 4.78 is 36.9. The van der Waals surface area contributed by atoms with Gasteiger partial charge in [-0.2, -0.15) is 13.2 Å². The fourth-order valence-corrected chi connectivity index (χ4v) is 2.62. The van der Waals surface area contributed by atoms with Crippen molar-refractivity contribution in [3.8, 4) is 0 Å². The van der Waals surface area contributed by atoms with Crippen molar-refractivity contribution in [3.05, 3.63) is 0 Å². The van der Waals surface area contributed by atoms with Crippen LogP contribution in [-0.4, -0.2) is 18.3 Å². The van der Waals surface area contributed by atoms with Gasteiger partial charge in [0.25, 0.3) is 0 Å². The van der Waals surface area contributed by atoms with E-state index in [2.05, 4.69) is 5.32 Å². The minimum absolute atomic E-state index is 0.240. The Labute approximate surface area is 95.8 Å². The predicted molar refractivity (Wildman–Crippen MR) is 59.4 cm³/mol. The van der Waals surface area contributed by atoms with E-state index in [1.807, 2.05) is 6.92 Å². The number of nitrogens with one attached hydrogen (secondary N) is 1. The van der Waals surface area contributed by atoms with Gasteiger partial charge in [0.1, 0.15) is 0 Å². The van der Waals surface area contributed by atoms with Crippen molar-refractivity contribution in [3.63, 3.8) is 0 Å². The average Bonchev–Trinajstić information content (AvgIpc) is 2.41. The van der Waals surface area contributed by atoms with E-state index in [1.54, 1.807) is 0 Å². The van der Waals surface area contributed by atoms with E-state index >= 15 is 0 Å². The van der Waals surface area contributed by atoms with Crippen molar-refractivity contribution in [1.29, 1.82) is 0 Å². The molecule has 0 bridgehead atoms. The van der Waals surface area contributed by atoms with E-state index in [4.69, 9.17) is 0 Å². The molecule has 1 fully saturated rings. The third-order valence-corrected chi connectivity index (χ3v) is 3.45. The summed E-state index contributed by atoms with van der Waals surface area (Å²) >= 11 is 0. The first-order valence-electron chi connectivity index (χ1n) is 6.29. The Morgan fingerprint density at radius 1 is 1.12 bits per heavy atom. The third-order valence-electron chi connectivity index (χ3n) is 3.45. The van der Waals surface area contributed by atoms with Gasteiger partial charge in [0, 0.05) is 12.0 Å². The van der Waals surface area contributed by atoms with Gasteiger partial charge in [-0.15, -0.1) is 0 Å². The van der Waals surface area contributed by atoms with Gasteiger partial charge in [-0.1, -0.05) is 26.2 Å². The number of hydrogen-bond donors (Lipinski definition) is 1. The van der Waals surface area contributed by atoms with E-state index in [0.29, 0.717) is 0 Å². The van der Waals surface area contributed by atoms with Gasteiger partial charge in [0.2, 0.25) is 0 Å². The lowest BCUT2D eigenvalue weighted by Gasteiger charge is -2.34. The quantitative estimate of drug-likeness (QED) is 0.778. The second-order valence-corrected chi connectivity index (χ2v) is 4.88. The van der Waals surface area contributed by atoms with Crippen LogP contribution in [-0.2, 0) is 0 Å². The summed E-state index contributed by atoms with van der Waals surface area (Å²) in [6, 6.07) is 0. The van der Waals surface area contributed by atoms with Crippen LogP contribution in [0.25, 0.3) is 0 Å². The highest BCUT2D eigenvalue weighted by molar-refractivity contribution is 4.89. The lowest BCUT2D eigenvalue weighted by molar-refractivity contribution is -0.139. The molecule has 1 heterocycles. The SMILES string of the molecule is CCCC1(CCC(F)(F)F)CCCCCN1. The molecule has 0 saturated carbocycles. The van der Waals surface area contributed by atoms with Gasteiger partial charge in [0.05, 0.1) is 0 Å². The molecule has 0 aromatic rings. The molecule has 1 nitrogen and oxygen atoms in total. The number of alkyl halides is 3. The third kappa shape index (κ3) is 4.73. The van der Waals surface area contributed by atoms with Crippen molar-refractivity contribution < 1.29 is 13.2 Å². The van der Waals surface area contributed by atoms with Crippen LogP contribution in [0.5, 0.6) is 0 Å². The summed E-state index contributed by atoms with van der Waals surface area (Å²) in [7, 11) is 0. The minimum Gasteiger partial charge on any atom is -0.311 e. The molecule has 1 unspecified atom stereocenters. The summed E-state index contributed by atoms with van der Waals surface area (Å²) in [5.74, 6) is 0. The number of hydrogen-bond acceptors (Lipinski definition) is 1. The summed E-state index contributed by atoms with van der Waals surface area (Å²) in [4.78, 5) is 0. The zero-order valence-corrected chi connectivity index (χ0v) is 10.00. The summed E-state index contributed by atoms with van der Waals surface area (Å²) in [6.45, 7) is 2.92. The molecule has 1 saturated heterocycles. The molecule has 16 heavy (non-hydrogen) atoms. The van der Waals surface area contributed by atoms with Crippen molar-refractivity contribution in [1.82, 2.24) is 5.32 Å². The fourth-order valence-electron chi connectivity index (χ4n) is 2.62. The maximum Gasteiger partial charge on any atom is 0.389 e. The Morgan fingerprint density at radius 2 is 1.88 bits per heavy atom. The zero-order chi connectivity index (χ0) is 12.1. The van der Waals surface area contributed by atoms with Crippen LogP contribution in [0.1, 0.15) is 58.3 Å². The van der Waals surface area contributed by atoms with Crippen LogP contribution in [0.15, 0.2) is 0 Å². The monoisotopic (exact) mass is 237 g/mol. The van der Waals surface area contributed by atoms with Crippen LogP contribution in [0, 0.1) is 0 Å². The molecule has 0 aromatic carbocycles. The van der Waals surface area contributed by atoms with E-state index in [0.717, 1.165) is 45.1 Å². The van der Waals surface area contributed by atoms with Crippen LogP contribution in [0.2, 0.25) is 0 Å². The zero-order valence-electron chi connectivity index (χ0n) is 10.00. The van der Waals surface area contributed by atoms with Gasteiger partial charge < -0.3 is 5.32 Å². The first kappa shape index (κ1) is 13.8. The molecule has 96 valence electrons. The second-order valence-electron chi connectivity index (χ2n) is 4.88. The van der Waals surface area contributed by atoms with Crippen LogP contribution in [0.4, 0.5) is 13.2 Å². The van der Waals surface area contributed by atoms with E-state index in [-0.39, 0.29) is 12.0 Å². The molecule has 4 heteroatoms. The van der Waals surface area contributed by atoms with Crippen molar-refractivity contribution in [2.45, 2.75) is 70.0 Å². The summed E-state index contributed by atoms with van der Waals surface area (Å²) in [5.41, 5.74) is -0.249. The van der Waals surface area contributed by atoms with Gasteiger partial charge in [-0.05, 0) is 32.2 Å². The topological polar surface area (TPSA) is 12.0 Å². The van der Waals surface area contributed by atoms with Crippen molar-refractivity contribution >= 4 is 0 Å². The maximum atomic E-state index is 12.3. The molecule has 1 aliphatic rings. The highest BCUT2D eigenvalue weighted by Gasteiger charge is 2.35. The summed E-state index contributed by atoms with van der Waals surface area (Å²) in [5, 5.41) is 3.37. The average molecular weight is 237 g/mol. The first-order chi connectivity index (χ1) is 7.47. The molecular formula is C12H22F3N. The maximum absolute atomic E-state index is 12.3. The van der Waals surface area contributed by atoms with Crippen molar-refractivity contribution in [2.24, 2.45) is 0 Å². The smallest absolute Gasteiger partial charge is 0.311 e. The highest BCUT2D eigenvalue weighted by Crippen LogP contribution is 2.33. The molecule has 0 aliphatic carbocycles. The van der Waals surface area contributed by atoms with Crippen molar-refractivity contribution in [2.75, 3.05) is 6.54 Å². The van der Waals surface area contributed by atoms with Crippen LogP contribution < -0.4 is 5.32 Å². The fraction of sp³-hybridized carbons (Fsp3) is 1.00. The molecule has 0 aromatic heterocycles. The highest BCUT2D eigenvalue weighted by atomic mass is 19.4. The lowest BCUT2D eigenvalue weighted by Crippen LogP contribution is -2.45. The molecule has 1 atom stereocenters. The van der Waals surface area contributed by atoms with Gasteiger partial charge in [-0.25, -0.2) is 0 Å². The molecule has 1 N–H and O–H groups in total. The first-order valence-corrected chi connectivity index (χ1v) is 6.29. The van der Waals surface area contributed by atoms with E-state index < -0.39 is 12.6 Å².